The van der Waals surface area contributed by atoms with E-state index in [9.17, 15) is 0 Å². The third kappa shape index (κ3) is 1.50. The zero-order valence-corrected chi connectivity index (χ0v) is 8.29. The van der Waals surface area contributed by atoms with Gasteiger partial charge in [0.2, 0.25) is 0 Å². The second kappa shape index (κ2) is 3.35. The minimum Gasteiger partial charge on any atom is -0.305 e. The SMILES string of the molecule is CN(C)C1CCN(C2CCC2)C1. The molecule has 1 atom stereocenters. The lowest BCUT2D eigenvalue weighted by atomic mass is 9.92. The molecule has 1 saturated carbocycles. The first-order chi connectivity index (χ1) is 5.77. The quantitative estimate of drug-likeness (QED) is 0.611. The largest absolute Gasteiger partial charge is 0.305 e. The van der Waals surface area contributed by atoms with E-state index < -0.39 is 0 Å². The first-order valence-electron chi connectivity index (χ1n) is 5.18. The van der Waals surface area contributed by atoms with E-state index in [0.29, 0.717) is 0 Å². The summed E-state index contributed by atoms with van der Waals surface area (Å²) < 4.78 is 0. The fourth-order valence-electron chi connectivity index (χ4n) is 2.27. The molecule has 0 aromatic heterocycles. The van der Waals surface area contributed by atoms with E-state index in [1.165, 1.54) is 38.8 Å². The van der Waals surface area contributed by atoms with Crippen LogP contribution in [0.15, 0.2) is 0 Å². The second-order valence-corrected chi connectivity index (χ2v) is 4.49. The molecule has 0 bridgehead atoms. The summed E-state index contributed by atoms with van der Waals surface area (Å²) in [4.78, 5) is 5.06. The van der Waals surface area contributed by atoms with Gasteiger partial charge in [-0.05, 0) is 33.4 Å². The molecule has 1 saturated heterocycles. The molecule has 0 N–H and O–H groups in total. The van der Waals surface area contributed by atoms with Crippen LogP contribution in [0.2, 0.25) is 0 Å². The first kappa shape index (κ1) is 8.52. The summed E-state index contributed by atoms with van der Waals surface area (Å²) in [7, 11) is 4.41. The molecule has 2 nitrogen and oxygen atoms in total. The van der Waals surface area contributed by atoms with Gasteiger partial charge >= 0.3 is 0 Å². The van der Waals surface area contributed by atoms with Crippen molar-refractivity contribution in [3.05, 3.63) is 0 Å². The molecule has 0 aromatic carbocycles. The van der Waals surface area contributed by atoms with E-state index in [4.69, 9.17) is 0 Å². The summed E-state index contributed by atoms with van der Waals surface area (Å²) in [5, 5.41) is 0. The topological polar surface area (TPSA) is 6.48 Å². The minimum absolute atomic E-state index is 0.825. The monoisotopic (exact) mass is 168 g/mol. The molecule has 1 aliphatic heterocycles. The van der Waals surface area contributed by atoms with Crippen LogP contribution in [0.1, 0.15) is 25.7 Å². The molecule has 70 valence electrons. The Bertz CT molecular complexity index is 152. The molecule has 0 spiro atoms. The van der Waals surface area contributed by atoms with Gasteiger partial charge in [-0.2, -0.15) is 0 Å². The van der Waals surface area contributed by atoms with E-state index in [0.717, 1.165) is 12.1 Å². The van der Waals surface area contributed by atoms with Gasteiger partial charge in [-0.3, -0.25) is 4.90 Å². The van der Waals surface area contributed by atoms with Crippen molar-refractivity contribution in [1.82, 2.24) is 9.80 Å². The molecule has 1 heterocycles. The van der Waals surface area contributed by atoms with E-state index in [1.807, 2.05) is 0 Å². The van der Waals surface area contributed by atoms with E-state index in [2.05, 4.69) is 23.9 Å². The summed E-state index contributed by atoms with van der Waals surface area (Å²) >= 11 is 0. The number of likely N-dealkylation sites (tertiary alicyclic amines) is 1. The summed E-state index contributed by atoms with van der Waals surface area (Å²) in [5.41, 5.74) is 0. The standard InChI is InChI=1S/C10H20N2/c1-11(2)10-6-7-12(8-10)9-4-3-5-9/h9-10H,3-8H2,1-2H3. The van der Waals surface area contributed by atoms with Crippen molar-refractivity contribution in [2.45, 2.75) is 37.8 Å². The molecule has 12 heavy (non-hydrogen) atoms. The third-order valence-corrected chi connectivity index (χ3v) is 3.52. The molecule has 2 heteroatoms. The van der Waals surface area contributed by atoms with Crippen LogP contribution >= 0.6 is 0 Å². The van der Waals surface area contributed by atoms with Crippen molar-refractivity contribution >= 4 is 0 Å². The molecule has 2 fully saturated rings. The Labute approximate surface area is 75.5 Å². The molecule has 0 amide bonds. The maximum atomic E-state index is 2.69. The highest BCUT2D eigenvalue weighted by Crippen LogP contribution is 2.28. The van der Waals surface area contributed by atoms with Gasteiger partial charge in [-0.1, -0.05) is 6.42 Å². The number of rotatable bonds is 2. The van der Waals surface area contributed by atoms with Crippen molar-refractivity contribution in [2.24, 2.45) is 0 Å². The zero-order chi connectivity index (χ0) is 8.55. The maximum absolute atomic E-state index is 2.69. The van der Waals surface area contributed by atoms with Gasteiger partial charge in [0.1, 0.15) is 0 Å². The highest BCUT2D eigenvalue weighted by atomic mass is 15.2. The molecule has 0 aromatic rings. The van der Waals surface area contributed by atoms with Gasteiger partial charge in [-0.15, -0.1) is 0 Å². The summed E-state index contributed by atoms with van der Waals surface area (Å²) in [6.45, 7) is 2.66. The number of hydrogen-bond donors (Lipinski definition) is 0. The Balaban J connectivity index is 1.81. The van der Waals surface area contributed by atoms with Crippen molar-refractivity contribution in [2.75, 3.05) is 27.2 Å². The lowest BCUT2D eigenvalue weighted by molar-refractivity contribution is 0.147. The van der Waals surface area contributed by atoms with Gasteiger partial charge in [0.15, 0.2) is 0 Å². The normalized spacial score (nSPS) is 32.8. The van der Waals surface area contributed by atoms with E-state index in [1.54, 1.807) is 0 Å². The average Bonchev–Trinajstić information content (AvgIpc) is 2.32. The lowest BCUT2D eigenvalue weighted by Crippen LogP contribution is -2.40. The van der Waals surface area contributed by atoms with Gasteiger partial charge in [0.25, 0.3) is 0 Å². The number of nitrogens with zero attached hydrogens (tertiary/aromatic N) is 2. The number of hydrogen-bond acceptors (Lipinski definition) is 2. The average molecular weight is 168 g/mol. The fourth-order valence-corrected chi connectivity index (χ4v) is 2.27. The highest BCUT2D eigenvalue weighted by Gasteiger charge is 2.31. The molecular weight excluding hydrogens is 148 g/mol. The van der Waals surface area contributed by atoms with Crippen molar-refractivity contribution < 1.29 is 0 Å². The Kier molecular flexibility index (Phi) is 2.37. The predicted octanol–water partition coefficient (Wildman–Crippen LogP) is 1.17. The summed E-state index contributed by atoms with van der Waals surface area (Å²) in [6, 6.07) is 1.78. The molecular formula is C10H20N2. The molecule has 0 radical (unpaired) electrons. The summed E-state index contributed by atoms with van der Waals surface area (Å²) in [6.07, 6.45) is 5.76. The van der Waals surface area contributed by atoms with E-state index in [-0.39, 0.29) is 0 Å². The Morgan fingerprint density at radius 1 is 1.17 bits per heavy atom. The number of likely N-dealkylation sites (N-methyl/N-ethyl adjacent to an activating group) is 1. The molecule has 2 aliphatic rings. The fraction of sp³-hybridized carbons (Fsp3) is 1.00. The second-order valence-electron chi connectivity index (χ2n) is 4.49. The Morgan fingerprint density at radius 2 is 1.92 bits per heavy atom. The van der Waals surface area contributed by atoms with Crippen LogP contribution in [0.5, 0.6) is 0 Å². The van der Waals surface area contributed by atoms with Crippen LogP contribution in [-0.2, 0) is 0 Å². The minimum atomic E-state index is 0.825. The lowest BCUT2D eigenvalue weighted by Gasteiger charge is -2.35. The summed E-state index contributed by atoms with van der Waals surface area (Å²) in [5.74, 6) is 0. The van der Waals surface area contributed by atoms with Crippen LogP contribution in [0.25, 0.3) is 0 Å². The van der Waals surface area contributed by atoms with E-state index >= 15 is 0 Å². The van der Waals surface area contributed by atoms with Gasteiger partial charge < -0.3 is 4.90 Å². The van der Waals surface area contributed by atoms with Crippen LogP contribution in [0.4, 0.5) is 0 Å². The van der Waals surface area contributed by atoms with Gasteiger partial charge in [0.05, 0.1) is 0 Å². The van der Waals surface area contributed by atoms with Crippen molar-refractivity contribution in [3.8, 4) is 0 Å². The molecule has 1 unspecified atom stereocenters. The molecule has 1 aliphatic carbocycles. The first-order valence-corrected chi connectivity index (χ1v) is 5.18. The van der Waals surface area contributed by atoms with Gasteiger partial charge in [0, 0.05) is 25.2 Å². The third-order valence-electron chi connectivity index (χ3n) is 3.52. The van der Waals surface area contributed by atoms with Crippen LogP contribution in [-0.4, -0.2) is 49.1 Å². The Morgan fingerprint density at radius 3 is 2.33 bits per heavy atom. The van der Waals surface area contributed by atoms with Crippen LogP contribution in [0.3, 0.4) is 0 Å². The van der Waals surface area contributed by atoms with Crippen molar-refractivity contribution in [1.29, 1.82) is 0 Å². The van der Waals surface area contributed by atoms with Gasteiger partial charge in [-0.25, -0.2) is 0 Å². The van der Waals surface area contributed by atoms with Crippen LogP contribution < -0.4 is 0 Å². The van der Waals surface area contributed by atoms with Crippen molar-refractivity contribution in [3.63, 3.8) is 0 Å². The smallest absolute Gasteiger partial charge is 0.0229 e. The molecule has 2 rings (SSSR count). The maximum Gasteiger partial charge on any atom is 0.0229 e. The Hall–Kier alpha value is -0.0800. The highest BCUT2D eigenvalue weighted by molar-refractivity contribution is 4.88. The zero-order valence-electron chi connectivity index (χ0n) is 8.29. The predicted molar refractivity (Wildman–Crippen MR) is 51.3 cm³/mol. The van der Waals surface area contributed by atoms with Crippen LogP contribution in [0, 0.1) is 0 Å².